The average Bonchev–Trinajstić information content (AvgIpc) is 2.59. The average molecular weight is 368 g/mol. The van der Waals surface area contributed by atoms with E-state index in [4.69, 9.17) is 25.4 Å². The van der Waals surface area contributed by atoms with Crippen molar-refractivity contribution >= 4 is 24.2 Å². The number of cyclic esters (lactones) is 2. The molecule has 0 aromatic rings. The summed E-state index contributed by atoms with van der Waals surface area (Å²) in [6, 6.07) is 0. The van der Waals surface area contributed by atoms with E-state index in [9.17, 15) is 14.4 Å². The third kappa shape index (κ3) is 6.20. The van der Waals surface area contributed by atoms with E-state index in [1.54, 1.807) is 14.1 Å². The molecule has 1 amide bonds. The van der Waals surface area contributed by atoms with E-state index in [1.165, 1.54) is 4.90 Å². The first-order valence-corrected chi connectivity index (χ1v) is 7.88. The van der Waals surface area contributed by atoms with Crippen LogP contribution in [0.1, 0.15) is 0 Å². The van der Waals surface area contributed by atoms with Crippen molar-refractivity contribution in [1.82, 2.24) is 9.80 Å². The zero-order valence-corrected chi connectivity index (χ0v) is 14.9. The van der Waals surface area contributed by atoms with Crippen LogP contribution in [0.25, 0.3) is 0 Å². The first-order valence-electron chi connectivity index (χ1n) is 7.88. The highest BCUT2D eigenvalue weighted by Gasteiger charge is 2.21. The molecule has 0 bridgehead atoms. The predicted octanol–water partition coefficient (Wildman–Crippen LogP) is -0.495. The number of amides is 1. The molecule has 0 fully saturated rings. The highest BCUT2D eigenvalue weighted by Crippen LogP contribution is 2.11. The normalized spacial score (nSPS) is 17.5. The maximum absolute atomic E-state index is 12.0. The number of nitrogens with one attached hydrogen (secondary N) is 1. The third-order valence-corrected chi connectivity index (χ3v) is 3.51. The lowest BCUT2D eigenvalue weighted by Crippen LogP contribution is -2.37. The van der Waals surface area contributed by atoms with Crippen LogP contribution < -0.4 is 5.73 Å². The minimum absolute atomic E-state index is 0.0332. The van der Waals surface area contributed by atoms with Crippen LogP contribution in [0.4, 0.5) is 4.79 Å². The highest BCUT2D eigenvalue weighted by molar-refractivity contribution is 6.11. The van der Waals surface area contributed by atoms with Gasteiger partial charge in [0, 0.05) is 39.9 Å². The van der Waals surface area contributed by atoms with Gasteiger partial charge in [-0.1, -0.05) is 6.58 Å². The minimum Gasteiger partial charge on any atom is -0.461 e. The van der Waals surface area contributed by atoms with Crippen molar-refractivity contribution < 1.29 is 28.6 Å². The van der Waals surface area contributed by atoms with Crippen molar-refractivity contribution in [3.63, 3.8) is 0 Å². The topological polar surface area (TPSA) is 135 Å². The van der Waals surface area contributed by atoms with Gasteiger partial charge in [-0.15, -0.1) is 0 Å². The van der Waals surface area contributed by atoms with E-state index in [2.05, 4.69) is 6.58 Å². The molecule has 0 saturated carbocycles. The van der Waals surface area contributed by atoms with Crippen LogP contribution in [-0.2, 0) is 23.8 Å². The summed E-state index contributed by atoms with van der Waals surface area (Å²) in [5, 5.41) is 7.29. The van der Waals surface area contributed by atoms with Crippen molar-refractivity contribution in [2.45, 2.75) is 0 Å². The van der Waals surface area contributed by atoms with E-state index in [0.717, 1.165) is 0 Å². The molecule has 3 N–H and O–H groups in total. The molecule has 0 aliphatic carbocycles. The highest BCUT2D eigenvalue weighted by atomic mass is 16.6. The molecule has 1 rings (SSSR count). The molecule has 1 aliphatic heterocycles. The molecule has 1 heterocycles. The number of rotatable bonds is 4. The fraction of sp³-hybridized carbons (Fsp3) is 0.500. The lowest BCUT2D eigenvalue weighted by atomic mass is 10.1. The summed E-state index contributed by atoms with van der Waals surface area (Å²) in [6.07, 6.45) is 0.241. The first-order chi connectivity index (χ1) is 12.3. The Bertz CT molecular complexity index is 614. The first kappa shape index (κ1) is 21.2. The van der Waals surface area contributed by atoms with Gasteiger partial charge in [0.1, 0.15) is 25.4 Å². The lowest BCUT2D eigenvalue weighted by Gasteiger charge is -2.23. The molecule has 0 atom stereocenters. The van der Waals surface area contributed by atoms with Crippen molar-refractivity contribution in [2.24, 2.45) is 5.73 Å². The van der Waals surface area contributed by atoms with Gasteiger partial charge < -0.3 is 30.3 Å². The number of hydrogen-bond donors (Lipinski definition) is 2. The van der Waals surface area contributed by atoms with Gasteiger partial charge in [-0.05, 0) is 0 Å². The molecule has 0 aromatic heterocycles. The van der Waals surface area contributed by atoms with E-state index in [1.807, 2.05) is 4.90 Å². The fourth-order valence-corrected chi connectivity index (χ4v) is 1.95. The van der Waals surface area contributed by atoms with Gasteiger partial charge >= 0.3 is 18.0 Å². The lowest BCUT2D eigenvalue weighted by molar-refractivity contribution is -0.140. The number of nitrogens with two attached hydrogens (primary N) is 1. The van der Waals surface area contributed by atoms with Crippen molar-refractivity contribution in [2.75, 3.05) is 53.6 Å². The Morgan fingerprint density at radius 1 is 1.31 bits per heavy atom. The second-order valence-electron chi connectivity index (χ2n) is 5.57. The van der Waals surface area contributed by atoms with Crippen LogP contribution in [0.2, 0.25) is 0 Å². The Morgan fingerprint density at radius 3 is 2.42 bits per heavy atom. The second-order valence-corrected chi connectivity index (χ2v) is 5.57. The van der Waals surface area contributed by atoms with Gasteiger partial charge in [-0.3, -0.25) is 4.90 Å². The minimum atomic E-state index is -0.828. The molecular weight excluding hydrogens is 344 g/mol. The Morgan fingerprint density at radius 2 is 1.88 bits per heavy atom. The third-order valence-electron chi connectivity index (χ3n) is 3.51. The van der Waals surface area contributed by atoms with Crippen LogP contribution >= 0.6 is 0 Å². The second kappa shape index (κ2) is 10.2. The van der Waals surface area contributed by atoms with Crippen molar-refractivity contribution in [3.8, 4) is 0 Å². The van der Waals surface area contributed by atoms with Gasteiger partial charge in [-0.2, -0.15) is 0 Å². The molecule has 0 saturated heterocycles. The molecule has 144 valence electrons. The summed E-state index contributed by atoms with van der Waals surface area (Å²) < 4.78 is 15.2. The number of carbonyl (C=O) groups excluding carboxylic acids is 3. The largest absolute Gasteiger partial charge is 0.461 e. The van der Waals surface area contributed by atoms with Crippen LogP contribution in [0.15, 0.2) is 23.4 Å². The number of esters is 2. The zero-order valence-electron chi connectivity index (χ0n) is 14.9. The van der Waals surface area contributed by atoms with Crippen LogP contribution in [0, 0.1) is 5.41 Å². The number of nitrogens with zero attached hydrogens (tertiary/aromatic N) is 2. The maximum atomic E-state index is 12.0. The quantitative estimate of drug-likeness (QED) is 0.294. The SMILES string of the molecule is C=C1C(=O)OCCN(CCOC(=O)N(C)C)CCOC(=O)C(C=N)=C1N. The van der Waals surface area contributed by atoms with Crippen LogP contribution in [0.3, 0.4) is 0 Å². The Kier molecular flexibility index (Phi) is 8.29. The molecule has 0 aromatic carbocycles. The summed E-state index contributed by atoms with van der Waals surface area (Å²) in [7, 11) is 3.15. The number of carbonyl (C=O) groups is 3. The molecule has 1 aliphatic rings. The van der Waals surface area contributed by atoms with Crippen molar-refractivity contribution in [1.29, 1.82) is 5.41 Å². The Balaban J connectivity index is 2.76. The van der Waals surface area contributed by atoms with Gasteiger partial charge in [0.2, 0.25) is 0 Å². The molecule has 0 unspecified atom stereocenters. The van der Waals surface area contributed by atoms with Gasteiger partial charge in [-0.25, -0.2) is 14.4 Å². The summed E-state index contributed by atoms with van der Waals surface area (Å²) in [5.74, 6) is -1.61. The summed E-state index contributed by atoms with van der Waals surface area (Å²) in [4.78, 5) is 38.5. The number of hydrogen-bond acceptors (Lipinski definition) is 9. The Labute approximate surface area is 151 Å². The van der Waals surface area contributed by atoms with Gasteiger partial charge in [0.25, 0.3) is 0 Å². The van der Waals surface area contributed by atoms with Gasteiger partial charge in [0.15, 0.2) is 0 Å². The van der Waals surface area contributed by atoms with E-state index < -0.39 is 18.0 Å². The van der Waals surface area contributed by atoms with E-state index in [-0.39, 0.29) is 36.7 Å². The fourth-order valence-electron chi connectivity index (χ4n) is 1.95. The summed E-state index contributed by atoms with van der Waals surface area (Å²) in [5.41, 5.74) is 4.98. The van der Waals surface area contributed by atoms with E-state index >= 15 is 0 Å². The molecule has 0 radical (unpaired) electrons. The molecule has 26 heavy (non-hydrogen) atoms. The predicted molar refractivity (Wildman–Crippen MR) is 92.5 cm³/mol. The summed E-state index contributed by atoms with van der Waals surface area (Å²) >= 11 is 0. The molecule has 10 nitrogen and oxygen atoms in total. The standard InChI is InChI=1S/C16H24N4O6/c1-11-13(18)12(10-17)15(22)25-8-5-20(4-7-24-14(11)21)6-9-26-16(23)19(2)3/h10,17H,1,4-9,18H2,2-3H3. The molecule has 10 heteroatoms. The zero-order chi connectivity index (χ0) is 19.7. The monoisotopic (exact) mass is 368 g/mol. The molecular formula is C16H24N4O6. The van der Waals surface area contributed by atoms with Crippen molar-refractivity contribution in [3.05, 3.63) is 23.4 Å². The summed E-state index contributed by atoms with van der Waals surface area (Å²) in [6.45, 7) is 4.75. The number of ether oxygens (including phenoxy) is 3. The van der Waals surface area contributed by atoms with Gasteiger partial charge in [0.05, 0.1) is 11.3 Å². The molecule has 0 spiro atoms. The van der Waals surface area contributed by atoms with Crippen LogP contribution in [-0.4, -0.2) is 87.6 Å². The van der Waals surface area contributed by atoms with E-state index in [0.29, 0.717) is 25.8 Å². The Hall–Kier alpha value is -2.88. The maximum Gasteiger partial charge on any atom is 0.409 e. The smallest absolute Gasteiger partial charge is 0.409 e. The van der Waals surface area contributed by atoms with Crippen LogP contribution in [0.5, 0.6) is 0 Å².